The van der Waals surface area contributed by atoms with Crippen LogP contribution in [0, 0.1) is 0 Å². The first kappa shape index (κ1) is 18.7. The summed E-state index contributed by atoms with van der Waals surface area (Å²) in [5.74, 6) is -0.386. The maximum absolute atomic E-state index is 13.5. The highest BCUT2D eigenvalue weighted by Crippen LogP contribution is 2.35. The van der Waals surface area contributed by atoms with Gasteiger partial charge in [-0.15, -0.1) is 0 Å². The van der Waals surface area contributed by atoms with Crippen LogP contribution in [0.1, 0.15) is 25.0 Å². The van der Waals surface area contributed by atoms with Crippen LogP contribution < -0.4 is 5.32 Å². The molecule has 1 heterocycles. The summed E-state index contributed by atoms with van der Waals surface area (Å²) in [7, 11) is 4.04. The standard InChI is InChI=1S/C17H24F3N3O/c1-12-10-23(4,8-7-22(12)3)11-14-5-6-15(21-13(2)24)9-16(14)17(18,19)20/h5-6,9,12H,7-8,10-11H2,1-4H3/p+1/t12-,23?/m0/s1. The number of carbonyl (C=O) groups excluding carboxylic acids is 1. The van der Waals surface area contributed by atoms with E-state index in [1.807, 2.05) is 14.1 Å². The van der Waals surface area contributed by atoms with Crippen LogP contribution in [0.5, 0.6) is 0 Å². The van der Waals surface area contributed by atoms with Gasteiger partial charge < -0.3 is 9.80 Å². The topological polar surface area (TPSA) is 32.3 Å². The summed E-state index contributed by atoms with van der Waals surface area (Å²) < 4.78 is 40.9. The molecule has 1 aliphatic heterocycles. The predicted molar refractivity (Wildman–Crippen MR) is 87.5 cm³/mol. The van der Waals surface area contributed by atoms with E-state index in [0.29, 0.717) is 17.1 Å². The van der Waals surface area contributed by atoms with Gasteiger partial charge in [-0.1, -0.05) is 6.07 Å². The first-order valence-corrected chi connectivity index (χ1v) is 8.02. The Labute approximate surface area is 140 Å². The van der Waals surface area contributed by atoms with Crippen LogP contribution in [-0.4, -0.2) is 55.1 Å². The SMILES string of the molecule is CC(=O)Nc1ccc(C[N+]2(C)CCN(C)[C@@H](C)C2)c(C(F)(F)F)c1. The fraction of sp³-hybridized carbons (Fsp3) is 0.588. The van der Waals surface area contributed by atoms with E-state index in [1.54, 1.807) is 0 Å². The third kappa shape index (κ3) is 4.48. The van der Waals surface area contributed by atoms with Gasteiger partial charge in [0.1, 0.15) is 6.54 Å². The molecule has 2 rings (SSSR count). The Morgan fingerprint density at radius 3 is 2.62 bits per heavy atom. The number of alkyl halides is 3. The zero-order valence-corrected chi connectivity index (χ0v) is 14.6. The average Bonchev–Trinajstić information content (AvgIpc) is 2.43. The maximum atomic E-state index is 13.5. The van der Waals surface area contributed by atoms with Gasteiger partial charge >= 0.3 is 6.18 Å². The highest BCUT2D eigenvalue weighted by molar-refractivity contribution is 5.88. The van der Waals surface area contributed by atoms with Crippen molar-refractivity contribution in [1.82, 2.24) is 4.90 Å². The van der Waals surface area contributed by atoms with Crippen molar-refractivity contribution in [3.63, 3.8) is 0 Å². The Bertz CT molecular complexity index is 618. The summed E-state index contributed by atoms with van der Waals surface area (Å²) in [4.78, 5) is 13.3. The highest BCUT2D eigenvalue weighted by Gasteiger charge is 2.38. The van der Waals surface area contributed by atoms with Gasteiger partial charge in [-0.05, 0) is 26.1 Å². The molecule has 1 aromatic rings. The lowest BCUT2D eigenvalue weighted by molar-refractivity contribution is -0.929. The molecule has 24 heavy (non-hydrogen) atoms. The van der Waals surface area contributed by atoms with Gasteiger partial charge in [0.25, 0.3) is 0 Å². The Morgan fingerprint density at radius 2 is 2.08 bits per heavy atom. The van der Waals surface area contributed by atoms with Crippen molar-refractivity contribution in [2.75, 3.05) is 39.0 Å². The highest BCUT2D eigenvalue weighted by atomic mass is 19.4. The van der Waals surface area contributed by atoms with Crippen LogP contribution in [0.4, 0.5) is 18.9 Å². The molecule has 1 N–H and O–H groups in total. The predicted octanol–water partition coefficient (Wildman–Crippen LogP) is 2.94. The van der Waals surface area contributed by atoms with E-state index in [-0.39, 0.29) is 17.2 Å². The lowest BCUT2D eigenvalue weighted by Gasteiger charge is -2.44. The minimum absolute atomic E-state index is 0.174. The number of amides is 1. The molecule has 1 saturated heterocycles. The Kier molecular flexibility index (Phi) is 5.25. The molecule has 0 bridgehead atoms. The van der Waals surface area contributed by atoms with Crippen LogP contribution in [0.2, 0.25) is 0 Å². The third-order valence-corrected chi connectivity index (χ3v) is 4.74. The fourth-order valence-corrected chi connectivity index (χ4v) is 3.30. The molecule has 1 unspecified atom stereocenters. The molecule has 0 radical (unpaired) electrons. The van der Waals surface area contributed by atoms with Crippen LogP contribution in [0.3, 0.4) is 0 Å². The molecule has 0 aromatic heterocycles. The molecule has 1 amide bonds. The van der Waals surface area contributed by atoms with E-state index in [0.717, 1.165) is 25.7 Å². The van der Waals surface area contributed by atoms with Crippen molar-refractivity contribution in [3.8, 4) is 0 Å². The summed E-state index contributed by atoms with van der Waals surface area (Å²) >= 11 is 0. The van der Waals surface area contributed by atoms with Crippen LogP contribution in [0.15, 0.2) is 18.2 Å². The molecule has 1 aromatic carbocycles. The number of hydrogen-bond acceptors (Lipinski definition) is 2. The normalized spacial score (nSPS) is 25.5. The summed E-state index contributed by atoms with van der Waals surface area (Å²) in [6.45, 7) is 6.18. The number of carbonyl (C=O) groups is 1. The third-order valence-electron chi connectivity index (χ3n) is 4.74. The van der Waals surface area contributed by atoms with E-state index in [9.17, 15) is 18.0 Å². The van der Waals surface area contributed by atoms with Gasteiger partial charge in [0.15, 0.2) is 0 Å². The van der Waals surface area contributed by atoms with Gasteiger partial charge in [-0.2, -0.15) is 13.2 Å². The van der Waals surface area contributed by atoms with Crippen LogP contribution in [0.25, 0.3) is 0 Å². The number of nitrogens with zero attached hydrogens (tertiary/aromatic N) is 2. The molecule has 2 atom stereocenters. The smallest absolute Gasteiger partial charge is 0.326 e. The molecule has 134 valence electrons. The van der Waals surface area contributed by atoms with Crippen molar-refractivity contribution >= 4 is 11.6 Å². The second kappa shape index (κ2) is 6.72. The number of likely N-dealkylation sites (N-methyl/N-ethyl adjacent to an activating group) is 2. The van der Waals surface area contributed by atoms with Gasteiger partial charge in [0.05, 0.1) is 31.7 Å². The zero-order valence-electron chi connectivity index (χ0n) is 14.6. The molecular formula is C17H25F3N3O+. The number of halogens is 3. The summed E-state index contributed by atoms with van der Waals surface area (Å²) in [5.41, 5.74) is -0.219. The Balaban J connectivity index is 2.30. The second-order valence-electron chi connectivity index (χ2n) is 7.06. The van der Waals surface area contributed by atoms with Gasteiger partial charge in [-0.25, -0.2) is 0 Å². The fourth-order valence-electron chi connectivity index (χ4n) is 3.30. The minimum Gasteiger partial charge on any atom is -0.326 e. The van der Waals surface area contributed by atoms with E-state index in [1.165, 1.54) is 19.1 Å². The lowest BCUT2D eigenvalue weighted by atomic mass is 10.0. The molecule has 0 aliphatic carbocycles. The van der Waals surface area contributed by atoms with Crippen molar-refractivity contribution < 1.29 is 22.4 Å². The monoisotopic (exact) mass is 344 g/mol. The van der Waals surface area contributed by atoms with Crippen molar-refractivity contribution in [2.45, 2.75) is 32.6 Å². The number of rotatable bonds is 3. The number of benzene rings is 1. The maximum Gasteiger partial charge on any atom is 0.416 e. The molecule has 7 heteroatoms. The van der Waals surface area contributed by atoms with E-state index in [4.69, 9.17) is 0 Å². The summed E-state index contributed by atoms with van der Waals surface area (Å²) in [5, 5.41) is 2.42. The first-order chi connectivity index (χ1) is 11.0. The van der Waals surface area contributed by atoms with Crippen LogP contribution in [-0.2, 0) is 17.5 Å². The quantitative estimate of drug-likeness (QED) is 0.855. The van der Waals surface area contributed by atoms with E-state index in [2.05, 4.69) is 17.1 Å². The molecule has 0 spiro atoms. The molecule has 0 saturated carbocycles. The Morgan fingerprint density at radius 1 is 1.42 bits per heavy atom. The molecular weight excluding hydrogens is 319 g/mol. The van der Waals surface area contributed by atoms with Crippen molar-refractivity contribution in [1.29, 1.82) is 0 Å². The number of nitrogens with one attached hydrogen (secondary N) is 1. The van der Waals surface area contributed by atoms with Crippen molar-refractivity contribution in [2.24, 2.45) is 0 Å². The summed E-state index contributed by atoms with van der Waals surface area (Å²) in [6, 6.07) is 4.39. The number of anilines is 1. The molecule has 1 aliphatic rings. The van der Waals surface area contributed by atoms with Gasteiger partial charge in [0, 0.05) is 24.7 Å². The minimum atomic E-state index is -4.44. The summed E-state index contributed by atoms with van der Waals surface area (Å²) in [6.07, 6.45) is -4.44. The van der Waals surface area contributed by atoms with E-state index >= 15 is 0 Å². The average molecular weight is 344 g/mol. The molecule has 4 nitrogen and oxygen atoms in total. The van der Waals surface area contributed by atoms with Crippen molar-refractivity contribution in [3.05, 3.63) is 29.3 Å². The van der Waals surface area contributed by atoms with Gasteiger partial charge in [-0.3, -0.25) is 9.69 Å². The largest absolute Gasteiger partial charge is 0.416 e. The zero-order chi connectivity index (χ0) is 18.1. The number of piperazine rings is 1. The number of hydrogen-bond donors (Lipinski definition) is 1. The Hall–Kier alpha value is -1.60. The van der Waals surface area contributed by atoms with E-state index < -0.39 is 11.7 Å². The first-order valence-electron chi connectivity index (χ1n) is 8.02. The lowest BCUT2D eigenvalue weighted by Crippen LogP contribution is -2.59. The second-order valence-corrected chi connectivity index (χ2v) is 7.06. The molecule has 1 fully saturated rings. The van der Waals surface area contributed by atoms with Crippen LogP contribution >= 0.6 is 0 Å². The number of quaternary nitrogens is 1. The van der Waals surface area contributed by atoms with Gasteiger partial charge in [0.2, 0.25) is 5.91 Å².